The van der Waals surface area contributed by atoms with Crippen molar-refractivity contribution < 1.29 is 14.1 Å². The third-order valence-electron chi connectivity index (χ3n) is 3.45. The van der Waals surface area contributed by atoms with Crippen LogP contribution in [0.3, 0.4) is 0 Å². The van der Waals surface area contributed by atoms with Gasteiger partial charge in [-0.15, -0.1) is 0 Å². The summed E-state index contributed by atoms with van der Waals surface area (Å²) in [5.74, 6) is 0.452. The first-order chi connectivity index (χ1) is 12.5. The van der Waals surface area contributed by atoms with Crippen molar-refractivity contribution >= 4 is 29.4 Å². The molecule has 0 spiro atoms. The second kappa shape index (κ2) is 7.62. The standard InChI is InChI=1S/C18H12ClN3O4/c19-15-8-6-13(10-16(15)22(24)25)17-9-7-14(26-17)11-20-21-18(23)12-4-2-1-3-5-12/h1-11H,(H,21,23)/b20-11-. The number of hydrazone groups is 1. The highest BCUT2D eigenvalue weighted by Crippen LogP contribution is 2.30. The molecule has 1 amide bonds. The molecule has 1 aromatic heterocycles. The zero-order valence-corrected chi connectivity index (χ0v) is 14.0. The molecule has 0 bridgehead atoms. The van der Waals surface area contributed by atoms with Crippen molar-refractivity contribution in [2.24, 2.45) is 5.10 Å². The minimum atomic E-state index is -0.559. The molecule has 0 atom stereocenters. The molecule has 130 valence electrons. The number of rotatable bonds is 5. The van der Waals surface area contributed by atoms with Crippen LogP contribution in [0.4, 0.5) is 5.69 Å². The molecule has 0 unspecified atom stereocenters. The normalized spacial score (nSPS) is 10.8. The highest BCUT2D eigenvalue weighted by atomic mass is 35.5. The van der Waals surface area contributed by atoms with E-state index in [-0.39, 0.29) is 16.6 Å². The summed E-state index contributed by atoms with van der Waals surface area (Å²) in [5, 5.41) is 14.9. The first kappa shape index (κ1) is 17.4. The van der Waals surface area contributed by atoms with Gasteiger partial charge in [-0.3, -0.25) is 14.9 Å². The Morgan fingerprint density at radius 3 is 2.65 bits per heavy atom. The molecule has 1 heterocycles. The molecule has 3 rings (SSSR count). The highest BCUT2D eigenvalue weighted by Gasteiger charge is 2.15. The van der Waals surface area contributed by atoms with Crippen LogP contribution >= 0.6 is 11.6 Å². The van der Waals surface area contributed by atoms with Crippen LogP contribution in [0.15, 0.2) is 70.2 Å². The Morgan fingerprint density at radius 2 is 1.92 bits per heavy atom. The van der Waals surface area contributed by atoms with Gasteiger partial charge in [-0.25, -0.2) is 5.43 Å². The van der Waals surface area contributed by atoms with Crippen molar-refractivity contribution in [3.8, 4) is 11.3 Å². The summed E-state index contributed by atoms with van der Waals surface area (Å²) in [6.07, 6.45) is 1.34. The lowest BCUT2D eigenvalue weighted by Gasteiger charge is -1.99. The number of nitrogens with one attached hydrogen (secondary N) is 1. The predicted octanol–water partition coefficient (Wildman–Crippen LogP) is 4.27. The van der Waals surface area contributed by atoms with E-state index in [9.17, 15) is 14.9 Å². The van der Waals surface area contributed by atoms with Crippen molar-refractivity contribution in [3.05, 3.63) is 87.1 Å². The number of carbonyl (C=O) groups is 1. The summed E-state index contributed by atoms with van der Waals surface area (Å²) in [4.78, 5) is 22.3. The van der Waals surface area contributed by atoms with E-state index in [4.69, 9.17) is 16.0 Å². The third kappa shape index (κ3) is 3.96. The van der Waals surface area contributed by atoms with Gasteiger partial charge in [0.1, 0.15) is 16.5 Å². The van der Waals surface area contributed by atoms with Gasteiger partial charge in [-0.2, -0.15) is 5.10 Å². The smallest absolute Gasteiger partial charge is 0.288 e. The minimum absolute atomic E-state index is 0.0516. The fourth-order valence-electron chi connectivity index (χ4n) is 2.19. The Kier molecular flexibility index (Phi) is 5.09. The van der Waals surface area contributed by atoms with E-state index in [1.807, 2.05) is 6.07 Å². The van der Waals surface area contributed by atoms with Crippen LogP contribution in [0.1, 0.15) is 16.1 Å². The SMILES string of the molecule is O=C(N/N=C\c1ccc(-c2ccc(Cl)c([N+](=O)[O-])c2)o1)c1ccccc1. The molecule has 3 aromatic rings. The molecule has 0 saturated heterocycles. The van der Waals surface area contributed by atoms with Gasteiger partial charge >= 0.3 is 0 Å². The molecule has 0 radical (unpaired) electrons. The number of carbonyl (C=O) groups excluding carboxylic acids is 1. The summed E-state index contributed by atoms with van der Waals surface area (Å²) in [6, 6.07) is 16.3. The average molecular weight is 370 g/mol. The maximum atomic E-state index is 11.9. The number of nitrogens with zero attached hydrogens (tertiary/aromatic N) is 2. The number of nitro benzene ring substituents is 1. The number of hydrogen-bond donors (Lipinski definition) is 1. The second-order valence-corrected chi connectivity index (χ2v) is 5.60. The van der Waals surface area contributed by atoms with Crippen molar-refractivity contribution in [1.29, 1.82) is 0 Å². The lowest BCUT2D eigenvalue weighted by molar-refractivity contribution is -0.384. The Hall–Kier alpha value is -3.45. The van der Waals surface area contributed by atoms with Gasteiger partial charge in [0.05, 0.1) is 11.1 Å². The Balaban J connectivity index is 1.71. The Bertz CT molecular complexity index is 983. The number of furan rings is 1. The van der Waals surface area contributed by atoms with Gasteiger partial charge < -0.3 is 4.42 Å². The summed E-state index contributed by atoms with van der Waals surface area (Å²) in [7, 11) is 0. The van der Waals surface area contributed by atoms with Gasteiger partial charge in [0.25, 0.3) is 11.6 Å². The van der Waals surface area contributed by atoms with Crippen LogP contribution in [0, 0.1) is 10.1 Å². The van der Waals surface area contributed by atoms with E-state index in [0.717, 1.165) is 0 Å². The van der Waals surface area contributed by atoms with Crippen LogP contribution in [-0.4, -0.2) is 17.0 Å². The molecule has 0 aliphatic rings. The molecule has 7 nitrogen and oxygen atoms in total. The number of halogens is 1. The second-order valence-electron chi connectivity index (χ2n) is 5.19. The maximum absolute atomic E-state index is 11.9. The van der Waals surface area contributed by atoms with E-state index in [0.29, 0.717) is 22.6 Å². The van der Waals surface area contributed by atoms with Gasteiger partial charge in [-0.05, 0) is 36.4 Å². The largest absolute Gasteiger partial charge is 0.455 e. The Labute approximate surface area is 153 Å². The molecular formula is C18H12ClN3O4. The lowest BCUT2D eigenvalue weighted by atomic mass is 10.1. The number of benzene rings is 2. The zero-order chi connectivity index (χ0) is 18.5. The zero-order valence-electron chi connectivity index (χ0n) is 13.3. The van der Waals surface area contributed by atoms with Crippen LogP contribution in [-0.2, 0) is 0 Å². The molecular weight excluding hydrogens is 358 g/mol. The molecule has 26 heavy (non-hydrogen) atoms. The Morgan fingerprint density at radius 1 is 1.15 bits per heavy atom. The van der Waals surface area contributed by atoms with Gasteiger partial charge in [-0.1, -0.05) is 29.8 Å². The highest BCUT2D eigenvalue weighted by molar-refractivity contribution is 6.32. The first-order valence-corrected chi connectivity index (χ1v) is 7.85. The maximum Gasteiger partial charge on any atom is 0.288 e. The molecule has 1 N–H and O–H groups in total. The number of hydrogen-bond acceptors (Lipinski definition) is 5. The lowest BCUT2D eigenvalue weighted by Crippen LogP contribution is -2.17. The fraction of sp³-hybridized carbons (Fsp3) is 0. The van der Waals surface area contributed by atoms with E-state index < -0.39 is 4.92 Å². The fourth-order valence-corrected chi connectivity index (χ4v) is 2.38. The topological polar surface area (TPSA) is 97.7 Å². The first-order valence-electron chi connectivity index (χ1n) is 7.47. The summed E-state index contributed by atoms with van der Waals surface area (Å²) < 4.78 is 5.57. The molecule has 0 aliphatic carbocycles. The molecule has 0 fully saturated rings. The van der Waals surface area contributed by atoms with E-state index in [1.165, 1.54) is 18.3 Å². The third-order valence-corrected chi connectivity index (χ3v) is 3.77. The molecule has 0 aliphatic heterocycles. The van der Waals surface area contributed by atoms with Crippen molar-refractivity contribution in [2.75, 3.05) is 0 Å². The average Bonchev–Trinajstić information content (AvgIpc) is 3.11. The number of amides is 1. The van der Waals surface area contributed by atoms with Crippen molar-refractivity contribution in [1.82, 2.24) is 5.43 Å². The van der Waals surface area contributed by atoms with Gasteiger partial charge in [0.2, 0.25) is 0 Å². The van der Waals surface area contributed by atoms with Crippen LogP contribution < -0.4 is 5.43 Å². The minimum Gasteiger partial charge on any atom is -0.455 e. The van der Waals surface area contributed by atoms with Crippen molar-refractivity contribution in [3.63, 3.8) is 0 Å². The summed E-state index contributed by atoms with van der Waals surface area (Å²) in [6.45, 7) is 0. The predicted molar refractivity (Wildman–Crippen MR) is 97.3 cm³/mol. The van der Waals surface area contributed by atoms with E-state index >= 15 is 0 Å². The quantitative estimate of drug-likeness (QED) is 0.412. The van der Waals surface area contributed by atoms with Crippen LogP contribution in [0.25, 0.3) is 11.3 Å². The summed E-state index contributed by atoms with van der Waals surface area (Å²) >= 11 is 5.80. The monoisotopic (exact) mass is 369 g/mol. The molecule has 0 saturated carbocycles. The van der Waals surface area contributed by atoms with Gasteiger partial charge in [0.15, 0.2) is 0 Å². The van der Waals surface area contributed by atoms with E-state index in [1.54, 1.807) is 42.5 Å². The molecule has 8 heteroatoms. The van der Waals surface area contributed by atoms with Crippen molar-refractivity contribution in [2.45, 2.75) is 0 Å². The van der Waals surface area contributed by atoms with Crippen LogP contribution in [0.5, 0.6) is 0 Å². The van der Waals surface area contributed by atoms with Crippen LogP contribution in [0.2, 0.25) is 5.02 Å². The number of nitro groups is 1. The van der Waals surface area contributed by atoms with E-state index in [2.05, 4.69) is 10.5 Å². The molecule has 2 aromatic carbocycles. The summed E-state index contributed by atoms with van der Waals surface area (Å²) in [5.41, 5.74) is 3.18. The van der Waals surface area contributed by atoms with Gasteiger partial charge in [0, 0.05) is 17.2 Å².